The molecule has 0 atom stereocenters. The fourth-order valence-electron chi connectivity index (χ4n) is 3.65. The number of aliphatic imine (C=N–C) groups is 2. The van der Waals surface area contributed by atoms with E-state index in [1.54, 1.807) is 47.4 Å². The number of hydrogen-bond acceptors (Lipinski definition) is 6. The molecular weight excluding hydrogens is 406 g/mol. The molecule has 2 aliphatic rings. The van der Waals surface area contributed by atoms with Crippen LogP contribution in [0.4, 0.5) is 0 Å². The molecule has 2 heterocycles. The van der Waals surface area contributed by atoms with E-state index in [9.17, 15) is 8.42 Å². The van der Waals surface area contributed by atoms with Gasteiger partial charge in [0.2, 0.25) is 10.0 Å². The third-order valence-electron chi connectivity index (χ3n) is 5.29. The van der Waals surface area contributed by atoms with E-state index >= 15 is 0 Å². The van der Waals surface area contributed by atoms with Crippen molar-refractivity contribution in [2.24, 2.45) is 9.98 Å². The molecule has 1 saturated heterocycles. The predicted molar refractivity (Wildman–Crippen MR) is 118 cm³/mol. The van der Waals surface area contributed by atoms with E-state index in [-0.39, 0.29) is 0 Å². The van der Waals surface area contributed by atoms with Gasteiger partial charge in [0.1, 0.15) is 10.8 Å². The molecule has 2 aromatic carbocycles. The van der Waals surface area contributed by atoms with E-state index in [2.05, 4.69) is 0 Å². The van der Waals surface area contributed by atoms with Crippen molar-refractivity contribution in [3.05, 3.63) is 60.2 Å². The number of rotatable bonds is 4. The summed E-state index contributed by atoms with van der Waals surface area (Å²) in [7, 11) is -1.84. The zero-order chi connectivity index (χ0) is 20.5. The Kier molecular flexibility index (Phi) is 5.50. The number of nitrogens with zero attached hydrogens (tertiary/aromatic N) is 3. The Labute approximate surface area is 175 Å². The Morgan fingerprint density at radius 3 is 2.24 bits per heavy atom. The van der Waals surface area contributed by atoms with Gasteiger partial charge in [-0.15, -0.1) is 11.8 Å². The van der Waals surface area contributed by atoms with Crippen LogP contribution in [0.25, 0.3) is 0 Å². The van der Waals surface area contributed by atoms with Gasteiger partial charge in [0, 0.05) is 31.5 Å². The molecule has 152 valence electrons. The highest BCUT2D eigenvalue weighted by Gasteiger charge is 2.42. The molecule has 0 N–H and O–H groups in total. The largest absolute Gasteiger partial charge is 0.497 e. The lowest BCUT2D eigenvalue weighted by Gasteiger charge is -2.34. The molecule has 8 heteroatoms. The Morgan fingerprint density at radius 1 is 1.00 bits per heavy atom. The molecule has 2 aromatic rings. The third kappa shape index (κ3) is 3.84. The Balaban J connectivity index is 1.56. The van der Waals surface area contributed by atoms with E-state index in [0.29, 0.717) is 30.8 Å². The van der Waals surface area contributed by atoms with E-state index in [4.69, 9.17) is 14.7 Å². The van der Waals surface area contributed by atoms with Crippen LogP contribution in [-0.4, -0.2) is 55.6 Å². The van der Waals surface area contributed by atoms with E-state index in [0.717, 1.165) is 22.1 Å². The molecule has 0 aliphatic carbocycles. The zero-order valence-corrected chi connectivity index (χ0v) is 18.0. The van der Waals surface area contributed by atoms with Crippen molar-refractivity contribution in [1.29, 1.82) is 0 Å². The lowest BCUT2D eigenvalue weighted by molar-refractivity contribution is 0.249. The van der Waals surface area contributed by atoms with Gasteiger partial charge in [-0.3, -0.25) is 4.99 Å². The minimum atomic E-state index is -3.48. The van der Waals surface area contributed by atoms with Crippen LogP contribution in [0.5, 0.6) is 5.75 Å². The first-order valence-corrected chi connectivity index (χ1v) is 12.1. The van der Waals surface area contributed by atoms with Gasteiger partial charge >= 0.3 is 0 Å². The smallest absolute Gasteiger partial charge is 0.243 e. The van der Waals surface area contributed by atoms with Crippen molar-refractivity contribution >= 4 is 32.5 Å². The van der Waals surface area contributed by atoms with Gasteiger partial charge < -0.3 is 4.74 Å². The molecule has 1 fully saturated rings. The Morgan fingerprint density at radius 2 is 1.66 bits per heavy atom. The van der Waals surface area contributed by atoms with Crippen LogP contribution in [0.1, 0.15) is 18.4 Å². The maximum absolute atomic E-state index is 12.9. The Hall–Kier alpha value is -2.16. The molecule has 0 radical (unpaired) electrons. The first kappa shape index (κ1) is 20.1. The second-order valence-corrected chi connectivity index (χ2v) is 9.74. The number of methoxy groups -OCH3 is 1. The molecule has 1 spiro atoms. The van der Waals surface area contributed by atoms with Crippen molar-refractivity contribution in [2.75, 3.05) is 26.5 Å². The molecule has 0 aromatic heterocycles. The number of ether oxygens (including phenoxy) is 1. The summed E-state index contributed by atoms with van der Waals surface area (Å²) in [5.74, 6) is 0.795. The lowest BCUT2D eigenvalue weighted by Crippen LogP contribution is -2.44. The number of sulfonamides is 1. The molecule has 6 nitrogen and oxygen atoms in total. The van der Waals surface area contributed by atoms with Crippen LogP contribution in [0.15, 0.2) is 69.5 Å². The fourth-order valence-corrected chi connectivity index (χ4v) is 5.73. The number of benzene rings is 2. The molecule has 4 rings (SSSR count). The van der Waals surface area contributed by atoms with Gasteiger partial charge in [-0.2, -0.15) is 4.31 Å². The first-order chi connectivity index (χ1) is 14.0. The van der Waals surface area contributed by atoms with Crippen LogP contribution < -0.4 is 4.74 Å². The van der Waals surface area contributed by atoms with Crippen LogP contribution in [-0.2, 0) is 10.0 Å². The van der Waals surface area contributed by atoms with Crippen molar-refractivity contribution in [3.8, 4) is 5.75 Å². The minimum absolute atomic E-state index is 0.332. The quantitative estimate of drug-likeness (QED) is 0.746. The molecule has 0 unspecified atom stereocenters. The van der Waals surface area contributed by atoms with E-state index in [1.165, 1.54) is 0 Å². The SMILES string of the molecule is COc1ccc(C2=NC3(CCN(S(=O)(=O)c4ccccc4)CC3)N=C2SC)cc1. The lowest BCUT2D eigenvalue weighted by atomic mass is 10.00. The van der Waals surface area contributed by atoms with E-state index < -0.39 is 15.7 Å². The van der Waals surface area contributed by atoms with Gasteiger partial charge in [-0.1, -0.05) is 18.2 Å². The second kappa shape index (κ2) is 7.93. The number of piperidine rings is 1. The molecular formula is C21H23N3O3S2. The molecule has 0 amide bonds. The Bertz CT molecular complexity index is 1040. The highest BCUT2D eigenvalue weighted by Crippen LogP contribution is 2.36. The summed E-state index contributed by atoms with van der Waals surface area (Å²) in [6, 6.07) is 16.4. The molecule has 0 bridgehead atoms. The summed E-state index contributed by atoms with van der Waals surface area (Å²) in [5.41, 5.74) is 1.30. The topological polar surface area (TPSA) is 71.3 Å². The van der Waals surface area contributed by atoms with Crippen LogP contribution in [0.3, 0.4) is 0 Å². The van der Waals surface area contributed by atoms with Crippen LogP contribution in [0.2, 0.25) is 0 Å². The maximum Gasteiger partial charge on any atom is 0.243 e. The average molecular weight is 430 g/mol. The molecule has 29 heavy (non-hydrogen) atoms. The van der Waals surface area contributed by atoms with Crippen molar-refractivity contribution < 1.29 is 13.2 Å². The van der Waals surface area contributed by atoms with Crippen molar-refractivity contribution in [3.63, 3.8) is 0 Å². The maximum atomic E-state index is 12.9. The summed E-state index contributed by atoms with van der Waals surface area (Å²) in [5, 5.41) is 0.898. The number of hydrogen-bond donors (Lipinski definition) is 0. The first-order valence-electron chi connectivity index (χ1n) is 9.41. The average Bonchev–Trinajstić information content (AvgIpc) is 3.13. The second-order valence-electron chi connectivity index (χ2n) is 7.01. The summed E-state index contributed by atoms with van der Waals surface area (Å²) in [6.45, 7) is 0.809. The molecule has 0 saturated carbocycles. The zero-order valence-electron chi connectivity index (χ0n) is 16.4. The summed E-state index contributed by atoms with van der Waals surface area (Å²) >= 11 is 1.57. The van der Waals surface area contributed by atoms with Gasteiger partial charge in [0.15, 0.2) is 5.66 Å². The number of thioether (sulfide) groups is 1. The summed E-state index contributed by atoms with van der Waals surface area (Å²) < 4.78 is 32.6. The molecule has 2 aliphatic heterocycles. The van der Waals surface area contributed by atoms with Crippen molar-refractivity contribution in [1.82, 2.24) is 4.31 Å². The predicted octanol–water partition coefficient (Wildman–Crippen LogP) is 3.44. The van der Waals surface area contributed by atoms with Gasteiger partial charge in [-0.05, 0) is 42.7 Å². The summed E-state index contributed by atoms with van der Waals surface area (Å²) in [4.78, 5) is 10.2. The van der Waals surface area contributed by atoms with Crippen molar-refractivity contribution in [2.45, 2.75) is 23.4 Å². The van der Waals surface area contributed by atoms with Gasteiger partial charge in [0.25, 0.3) is 0 Å². The highest BCUT2D eigenvalue weighted by atomic mass is 32.2. The summed E-state index contributed by atoms with van der Waals surface area (Å²) in [6.07, 6.45) is 3.14. The van der Waals surface area contributed by atoms with Crippen LogP contribution >= 0.6 is 11.8 Å². The van der Waals surface area contributed by atoms with E-state index in [1.807, 2.05) is 36.6 Å². The van der Waals surface area contributed by atoms with Gasteiger partial charge in [0.05, 0.1) is 17.7 Å². The highest BCUT2D eigenvalue weighted by molar-refractivity contribution is 8.15. The van der Waals surface area contributed by atoms with Crippen LogP contribution in [0, 0.1) is 0 Å². The standard InChI is InChI=1S/C21H23N3O3S2/c1-27-17-10-8-16(9-11-17)19-20(28-2)23-21(22-19)12-14-24(15-13-21)29(25,26)18-6-4-3-5-7-18/h3-11H,12-15H2,1-2H3. The fraction of sp³-hybridized carbons (Fsp3) is 0.333. The van der Waals surface area contributed by atoms with Gasteiger partial charge in [-0.25, -0.2) is 13.4 Å². The minimum Gasteiger partial charge on any atom is -0.497 e. The normalized spacial score (nSPS) is 19.1. The third-order valence-corrected chi connectivity index (χ3v) is 7.88. The monoisotopic (exact) mass is 429 g/mol.